The maximum absolute atomic E-state index is 13.0. The van der Waals surface area contributed by atoms with Crippen molar-refractivity contribution in [2.24, 2.45) is 5.92 Å². The minimum Gasteiger partial charge on any atom is -0.468 e. The second-order valence-electron chi connectivity index (χ2n) is 6.68. The van der Waals surface area contributed by atoms with Crippen molar-refractivity contribution in [2.45, 2.75) is 18.9 Å². The molecule has 1 saturated carbocycles. The highest BCUT2D eigenvalue weighted by Crippen LogP contribution is 2.48. The van der Waals surface area contributed by atoms with E-state index in [9.17, 15) is 9.18 Å². The van der Waals surface area contributed by atoms with Gasteiger partial charge in [-0.3, -0.25) is 9.69 Å². The molecule has 1 aromatic carbocycles. The average molecular weight is 328 g/mol. The van der Waals surface area contributed by atoms with Crippen LogP contribution in [0.25, 0.3) is 0 Å². The number of amides is 1. The van der Waals surface area contributed by atoms with Gasteiger partial charge in [0.05, 0.1) is 12.8 Å². The van der Waals surface area contributed by atoms with Crippen LogP contribution in [-0.4, -0.2) is 41.9 Å². The molecule has 24 heavy (non-hydrogen) atoms. The lowest BCUT2D eigenvalue weighted by atomic mass is 10.1. The Morgan fingerprint density at radius 3 is 2.54 bits per heavy atom. The van der Waals surface area contributed by atoms with Crippen LogP contribution < -0.4 is 0 Å². The third kappa shape index (κ3) is 3.22. The number of furan rings is 1. The second-order valence-corrected chi connectivity index (χ2v) is 6.68. The predicted molar refractivity (Wildman–Crippen MR) is 87.8 cm³/mol. The lowest BCUT2D eigenvalue weighted by Gasteiger charge is -2.34. The van der Waals surface area contributed by atoms with E-state index in [1.165, 1.54) is 12.1 Å². The molecule has 0 unspecified atom stereocenters. The normalized spacial score (nSPS) is 24.1. The molecule has 2 aliphatic rings. The van der Waals surface area contributed by atoms with Gasteiger partial charge in [0.1, 0.15) is 11.6 Å². The number of halogens is 1. The largest absolute Gasteiger partial charge is 0.468 e. The van der Waals surface area contributed by atoms with E-state index in [4.69, 9.17) is 4.42 Å². The van der Waals surface area contributed by atoms with Crippen molar-refractivity contribution in [2.75, 3.05) is 26.2 Å². The number of carbonyl (C=O) groups excluding carboxylic acids is 1. The van der Waals surface area contributed by atoms with E-state index in [2.05, 4.69) is 4.90 Å². The number of hydrogen-bond donors (Lipinski definition) is 0. The van der Waals surface area contributed by atoms with Gasteiger partial charge in [0.15, 0.2) is 0 Å². The van der Waals surface area contributed by atoms with Crippen molar-refractivity contribution in [1.82, 2.24) is 9.80 Å². The van der Waals surface area contributed by atoms with Crippen LogP contribution in [0.5, 0.6) is 0 Å². The molecule has 4 rings (SSSR count). The molecule has 1 aromatic heterocycles. The van der Waals surface area contributed by atoms with Crippen LogP contribution in [0.1, 0.15) is 23.7 Å². The van der Waals surface area contributed by atoms with E-state index in [0.29, 0.717) is 0 Å². The smallest absolute Gasteiger partial charge is 0.226 e. The zero-order chi connectivity index (χ0) is 16.5. The maximum Gasteiger partial charge on any atom is 0.226 e. The molecule has 2 aromatic rings. The summed E-state index contributed by atoms with van der Waals surface area (Å²) in [5.74, 6) is 1.33. The van der Waals surface area contributed by atoms with E-state index in [-0.39, 0.29) is 23.6 Å². The summed E-state index contributed by atoms with van der Waals surface area (Å²) in [6.07, 6.45) is 2.58. The minimum atomic E-state index is -0.227. The first-order chi connectivity index (χ1) is 11.7. The summed E-state index contributed by atoms with van der Waals surface area (Å²) in [6, 6.07) is 10.4. The van der Waals surface area contributed by atoms with E-state index < -0.39 is 0 Å². The molecule has 126 valence electrons. The number of carbonyl (C=O) groups is 1. The first kappa shape index (κ1) is 15.4. The van der Waals surface area contributed by atoms with Crippen LogP contribution in [0.4, 0.5) is 4.39 Å². The molecule has 1 aliphatic carbocycles. The fourth-order valence-electron chi connectivity index (χ4n) is 3.53. The van der Waals surface area contributed by atoms with Gasteiger partial charge in [0, 0.05) is 32.1 Å². The van der Waals surface area contributed by atoms with Gasteiger partial charge in [0.25, 0.3) is 0 Å². The van der Waals surface area contributed by atoms with Crippen molar-refractivity contribution >= 4 is 5.91 Å². The third-order valence-electron chi connectivity index (χ3n) is 5.05. The summed E-state index contributed by atoms with van der Waals surface area (Å²) in [6.45, 7) is 4.09. The fraction of sp³-hybridized carbons (Fsp3) is 0.421. The highest BCUT2D eigenvalue weighted by Gasteiger charge is 2.46. The monoisotopic (exact) mass is 328 g/mol. The predicted octanol–water partition coefficient (Wildman–Crippen LogP) is 2.87. The average Bonchev–Trinajstić information content (AvgIpc) is 3.24. The van der Waals surface area contributed by atoms with E-state index in [1.54, 1.807) is 18.4 Å². The van der Waals surface area contributed by atoms with Crippen molar-refractivity contribution in [3.05, 3.63) is 59.8 Å². The van der Waals surface area contributed by atoms with Crippen LogP contribution in [0.3, 0.4) is 0 Å². The highest BCUT2D eigenvalue weighted by atomic mass is 19.1. The molecule has 1 aliphatic heterocycles. The Balaban J connectivity index is 1.28. The van der Waals surface area contributed by atoms with Gasteiger partial charge in [-0.1, -0.05) is 12.1 Å². The molecule has 1 amide bonds. The number of benzene rings is 1. The number of hydrogen-bond acceptors (Lipinski definition) is 3. The van der Waals surface area contributed by atoms with Crippen LogP contribution in [0.15, 0.2) is 47.1 Å². The van der Waals surface area contributed by atoms with E-state index in [1.807, 2.05) is 17.0 Å². The maximum atomic E-state index is 13.0. The third-order valence-corrected chi connectivity index (χ3v) is 5.05. The van der Waals surface area contributed by atoms with E-state index >= 15 is 0 Å². The van der Waals surface area contributed by atoms with E-state index in [0.717, 1.165) is 50.5 Å². The van der Waals surface area contributed by atoms with Gasteiger partial charge in [-0.2, -0.15) is 0 Å². The van der Waals surface area contributed by atoms with Crippen molar-refractivity contribution < 1.29 is 13.6 Å². The molecule has 2 fully saturated rings. The van der Waals surface area contributed by atoms with Crippen LogP contribution >= 0.6 is 0 Å². The lowest BCUT2D eigenvalue weighted by Crippen LogP contribution is -2.48. The van der Waals surface area contributed by atoms with Gasteiger partial charge < -0.3 is 9.32 Å². The molecular weight excluding hydrogens is 307 g/mol. The van der Waals surface area contributed by atoms with Crippen LogP contribution in [0, 0.1) is 11.7 Å². The standard InChI is InChI=1S/C19H21FN2O2/c20-15-5-3-14(4-6-15)17-12-18(17)19(23)22-9-7-21(8-10-22)13-16-2-1-11-24-16/h1-6,11,17-18H,7-10,12-13H2/t17-,18-/m0/s1. The second kappa shape index (κ2) is 6.40. The summed E-state index contributed by atoms with van der Waals surface area (Å²) < 4.78 is 18.4. The first-order valence-electron chi connectivity index (χ1n) is 8.50. The topological polar surface area (TPSA) is 36.7 Å². The van der Waals surface area contributed by atoms with Crippen LogP contribution in [0.2, 0.25) is 0 Å². The van der Waals surface area contributed by atoms with Crippen LogP contribution in [-0.2, 0) is 11.3 Å². The molecule has 4 nitrogen and oxygen atoms in total. The Labute approximate surface area is 140 Å². The number of nitrogens with zero attached hydrogens (tertiary/aromatic N) is 2. The molecule has 0 spiro atoms. The van der Waals surface area contributed by atoms with Crippen molar-refractivity contribution in [3.63, 3.8) is 0 Å². The number of rotatable bonds is 4. The quantitative estimate of drug-likeness (QED) is 0.866. The zero-order valence-corrected chi connectivity index (χ0v) is 13.5. The Kier molecular flexibility index (Phi) is 4.10. The van der Waals surface area contributed by atoms with Gasteiger partial charge in [-0.15, -0.1) is 0 Å². The summed E-state index contributed by atoms with van der Waals surface area (Å²) in [4.78, 5) is 16.9. The highest BCUT2D eigenvalue weighted by molar-refractivity contribution is 5.83. The Morgan fingerprint density at radius 1 is 1.12 bits per heavy atom. The fourth-order valence-corrected chi connectivity index (χ4v) is 3.53. The first-order valence-corrected chi connectivity index (χ1v) is 8.50. The molecular formula is C19H21FN2O2. The summed E-state index contributed by atoms with van der Waals surface area (Å²) in [5.41, 5.74) is 1.08. The Bertz CT molecular complexity index is 691. The molecule has 2 heterocycles. The zero-order valence-electron chi connectivity index (χ0n) is 13.5. The molecule has 0 radical (unpaired) electrons. The van der Waals surface area contributed by atoms with Gasteiger partial charge in [-0.25, -0.2) is 4.39 Å². The molecule has 5 heteroatoms. The SMILES string of the molecule is O=C([C@H]1C[C@H]1c1ccc(F)cc1)N1CCN(Cc2ccco2)CC1. The number of piperazine rings is 1. The molecule has 0 N–H and O–H groups in total. The van der Waals surface area contributed by atoms with Gasteiger partial charge >= 0.3 is 0 Å². The minimum absolute atomic E-state index is 0.0760. The summed E-state index contributed by atoms with van der Waals surface area (Å²) in [5, 5.41) is 0. The van der Waals surface area contributed by atoms with Crippen molar-refractivity contribution in [1.29, 1.82) is 0 Å². The Hall–Kier alpha value is -2.14. The van der Waals surface area contributed by atoms with Gasteiger partial charge in [-0.05, 0) is 42.2 Å². The lowest BCUT2D eigenvalue weighted by molar-refractivity contribution is -0.134. The molecule has 2 atom stereocenters. The Morgan fingerprint density at radius 2 is 1.88 bits per heavy atom. The summed E-state index contributed by atoms with van der Waals surface area (Å²) >= 11 is 0. The van der Waals surface area contributed by atoms with Crippen molar-refractivity contribution in [3.8, 4) is 0 Å². The molecule has 0 bridgehead atoms. The van der Waals surface area contributed by atoms with Gasteiger partial charge in [0.2, 0.25) is 5.91 Å². The summed E-state index contributed by atoms with van der Waals surface area (Å²) in [7, 11) is 0. The molecule has 1 saturated heterocycles.